The van der Waals surface area contributed by atoms with Crippen molar-refractivity contribution in [2.24, 2.45) is 0 Å². The Labute approximate surface area is 131 Å². The van der Waals surface area contributed by atoms with Crippen LogP contribution in [0.25, 0.3) is 16.7 Å². The summed E-state index contributed by atoms with van der Waals surface area (Å²) < 4.78 is 3.21. The monoisotopic (exact) mass is 348 g/mol. The molecule has 4 heteroatoms. The van der Waals surface area contributed by atoms with Crippen LogP contribution in [0.15, 0.2) is 40.9 Å². The molecule has 2 nitrogen and oxygen atoms in total. The third-order valence-corrected chi connectivity index (χ3v) is 4.58. The zero-order chi connectivity index (χ0) is 14.3. The lowest BCUT2D eigenvalue weighted by Gasteiger charge is -2.09. The van der Waals surface area contributed by atoms with Crippen molar-refractivity contribution >= 4 is 38.6 Å². The smallest absolute Gasteiger partial charge is 0.129 e. The summed E-state index contributed by atoms with van der Waals surface area (Å²) >= 11 is 9.67. The fourth-order valence-corrected chi connectivity index (χ4v) is 2.93. The van der Waals surface area contributed by atoms with E-state index in [9.17, 15) is 0 Å². The zero-order valence-corrected chi connectivity index (χ0v) is 13.7. The number of imidazole rings is 1. The van der Waals surface area contributed by atoms with Crippen LogP contribution in [0.4, 0.5) is 0 Å². The van der Waals surface area contributed by atoms with E-state index in [0.29, 0.717) is 5.88 Å². The van der Waals surface area contributed by atoms with Gasteiger partial charge in [0.25, 0.3) is 0 Å². The normalized spacial score (nSPS) is 11.2. The minimum Gasteiger partial charge on any atom is -0.295 e. The third kappa shape index (κ3) is 2.15. The first kappa shape index (κ1) is 13.7. The van der Waals surface area contributed by atoms with E-state index < -0.39 is 0 Å². The molecule has 0 unspecified atom stereocenters. The van der Waals surface area contributed by atoms with Crippen LogP contribution in [0.2, 0.25) is 0 Å². The highest BCUT2D eigenvalue weighted by Crippen LogP contribution is 2.27. The standard InChI is InChI=1S/C16H14BrClN2/c1-10-6-7-12(8-13(10)17)20-14-5-3-4-11(2)16(14)19-15(20)9-18/h3-8H,9H2,1-2H3. The van der Waals surface area contributed by atoms with Gasteiger partial charge in [-0.3, -0.25) is 4.57 Å². The Balaban J connectivity index is 2.34. The van der Waals surface area contributed by atoms with Crippen molar-refractivity contribution in [2.75, 3.05) is 0 Å². The number of halogens is 2. The maximum atomic E-state index is 6.08. The van der Waals surface area contributed by atoms with E-state index in [-0.39, 0.29) is 0 Å². The fourth-order valence-electron chi connectivity index (χ4n) is 2.39. The van der Waals surface area contributed by atoms with Crippen molar-refractivity contribution in [3.8, 4) is 5.69 Å². The van der Waals surface area contributed by atoms with E-state index in [1.54, 1.807) is 0 Å². The van der Waals surface area contributed by atoms with Crippen LogP contribution in [0.3, 0.4) is 0 Å². The summed E-state index contributed by atoms with van der Waals surface area (Å²) in [6, 6.07) is 12.5. The first-order valence-corrected chi connectivity index (χ1v) is 7.74. The number of aromatic nitrogens is 2. The van der Waals surface area contributed by atoms with Gasteiger partial charge in [0.05, 0.1) is 16.9 Å². The number of nitrogens with zero attached hydrogens (tertiary/aromatic N) is 2. The van der Waals surface area contributed by atoms with Crippen molar-refractivity contribution in [3.63, 3.8) is 0 Å². The molecular formula is C16H14BrClN2. The van der Waals surface area contributed by atoms with E-state index in [2.05, 4.69) is 75.7 Å². The Kier molecular flexibility index (Phi) is 3.57. The van der Waals surface area contributed by atoms with E-state index in [1.165, 1.54) is 11.1 Å². The number of benzene rings is 2. The molecule has 2 aromatic carbocycles. The second kappa shape index (κ2) is 5.23. The van der Waals surface area contributed by atoms with Crippen molar-refractivity contribution in [3.05, 3.63) is 57.8 Å². The van der Waals surface area contributed by atoms with Crippen molar-refractivity contribution in [1.29, 1.82) is 0 Å². The van der Waals surface area contributed by atoms with Crippen LogP contribution in [0, 0.1) is 13.8 Å². The van der Waals surface area contributed by atoms with Gasteiger partial charge in [0, 0.05) is 10.2 Å². The molecule has 20 heavy (non-hydrogen) atoms. The molecule has 0 saturated heterocycles. The molecule has 3 rings (SSSR count). The Bertz CT molecular complexity index is 793. The molecule has 0 bridgehead atoms. The molecular weight excluding hydrogens is 336 g/mol. The van der Waals surface area contributed by atoms with Gasteiger partial charge in [-0.25, -0.2) is 4.98 Å². The van der Waals surface area contributed by atoms with Crippen molar-refractivity contribution in [1.82, 2.24) is 9.55 Å². The molecule has 0 N–H and O–H groups in total. The van der Waals surface area contributed by atoms with Gasteiger partial charge in [-0.05, 0) is 43.2 Å². The van der Waals surface area contributed by atoms with E-state index in [0.717, 1.165) is 27.0 Å². The van der Waals surface area contributed by atoms with Crippen LogP contribution in [0.5, 0.6) is 0 Å². The predicted molar refractivity (Wildman–Crippen MR) is 87.8 cm³/mol. The topological polar surface area (TPSA) is 17.8 Å². The molecule has 0 spiro atoms. The zero-order valence-electron chi connectivity index (χ0n) is 11.3. The summed E-state index contributed by atoms with van der Waals surface area (Å²) in [5, 5.41) is 0. The molecule has 0 saturated carbocycles. The Morgan fingerprint density at radius 1 is 1.15 bits per heavy atom. The maximum absolute atomic E-state index is 6.08. The lowest BCUT2D eigenvalue weighted by molar-refractivity contribution is 0.980. The highest BCUT2D eigenvalue weighted by Gasteiger charge is 2.13. The van der Waals surface area contributed by atoms with Gasteiger partial charge < -0.3 is 0 Å². The molecule has 0 aliphatic carbocycles. The van der Waals surface area contributed by atoms with Crippen molar-refractivity contribution < 1.29 is 0 Å². The van der Waals surface area contributed by atoms with Gasteiger partial charge >= 0.3 is 0 Å². The van der Waals surface area contributed by atoms with Crippen molar-refractivity contribution in [2.45, 2.75) is 19.7 Å². The lowest BCUT2D eigenvalue weighted by atomic mass is 10.2. The molecule has 0 radical (unpaired) electrons. The second-order valence-electron chi connectivity index (χ2n) is 4.87. The average Bonchev–Trinajstić information content (AvgIpc) is 2.82. The number of alkyl halides is 1. The summed E-state index contributed by atoms with van der Waals surface area (Å²) in [6.45, 7) is 4.15. The summed E-state index contributed by atoms with van der Waals surface area (Å²) in [7, 11) is 0. The third-order valence-electron chi connectivity index (χ3n) is 3.49. The van der Waals surface area contributed by atoms with E-state index in [1.807, 2.05) is 0 Å². The van der Waals surface area contributed by atoms with Gasteiger partial charge in [0.15, 0.2) is 0 Å². The first-order valence-electron chi connectivity index (χ1n) is 6.41. The molecule has 1 aromatic heterocycles. The van der Waals surface area contributed by atoms with Crippen LogP contribution in [0.1, 0.15) is 17.0 Å². The van der Waals surface area contributed by atoms with E-state index >= 15 is 0 Å². The fraction of sp³-hybridized carbons (Fsp3) is 0.188. The number of fused-ring (bicyclic) bond motifs is 1. The SMILES string of the molecule is Cc1ccc(-n2c(CCl)nc3c(C)cccc32)cc1Br. The highest BCUT2D eigenvalue weighted by molar-refractivity contribution is 9.10. The lowest BCUT2D eigenvalue weighted by Crippen LogP contribution is -1.99. The predicted octanol–water partition coefficient (Wildman–Crippen LogP) is 5.14. The average molecular weight is 350 g/mol. The molecule has 0 fully saturated rings. The van der Waals surface area contributed by atoms with Gasteiger partial charge in [-0.1, -0.05) is 34.1 Å². The number of rotatable bonds is 2. The summed E-state index contributed by atoms with van der Waals surface area (Å²) in [6.07, 6.45) is 0. The van der Waals surface area contributed by atoms with Gasteiger partial charge in [0.1, 0.15) is 5.82 Å². The minimum absolute atomic E-state index is 0.389. The highest BCUT2D eigenvalue weighted by atomic mass is 79.9. The molecule has 0 amide bonds. The Morgan fingerprint density at radius 3 is 2.65 bits per heavy atom. The molecule has 1 heterocycles. The molecule has 3 aromatic rings. The van der Waals surface area contributed by atoms with Crippen LogP contribution < -0.4 is 0 Å². The Morgan fingerprint density at radius 2 is 1.95 bits per heavy atom. The molecule has 0 aliphatic rings. The van der Waals surface area contributed by atoms with E-state index in [4.69, 9.17) is 11.6 Å². The van der Waals surface area contributed by atoms with Crippen LogP contribution in [-0.2, 0) is 5.88 Å². The summed E-state index contributed by atoms with van der Waals surface area (Å²) in [5.74, 6) is 1.26. The molecule has 102 valence electrons. The second-order valence-corrected chi connectivity index (χ2v) is 5.99. The first-order chi connectivity index (χ1) is 9.61. The molecule has 0 atom stereocenters. The number of aryl methyl sites for hydroxylation is 2. The van der Waals surface area contributed by atoms with Gasteiger partial charge in [-0.15, -0.1) is 11.6 Å². The number of para-hydroxylation sites is 1. The summed E-state index contributed by atoms with van der Waals surface area (Å²) in [4.78, 5) is 4.67. The van der Waals surface area contributed by atoms with Crippen LogP contribution >= 0.6 is 27.5 Å². The molecule has 0 aliphatic heterocycles. The quantitative estimate of drug-likeness (QED) is 0.585. The minimum atomic E-state index is 0.389. The maximum Gasteiger partial charge on any atom is 0.129 e. The largest absolute Gasteiger partial charge is 0.295 e. The van der Waals surface area contributed by atoms with Crippen LogP contribution in [-0.4, -0.2) is 9.55 Å². The Hall–Kier alpha value is -1.32. The number of hydrogen-bond donors (Lipinski definition) is 0. The number of hydrogen-bond acceptors (Lipinski definition) is 1. The summed E-state index contributed by atoms with van der Waals surface area (Å²) in [5.41, 5.74) is 5.56. The van der Waals surface area contributed by atoms with Gasteiger partial charge in [0.2, 0.25) is 0 Å². The van der Waals surface area contributed by atoms with Gasteiger partial charge in [-0.2, -0.15) is 0 Å².